The summed E-state index contributed by atoms with van der Waals surface area (Å²) < 4.78 is 22.9. The summed E-state index contributed by atoms with van der Waals surface area (Å²) in [6.45, 7) is 9.55. The highest BCUT2D eigenvalue weighted by molar-refractivity contribution is 7.94. The molecule has 0 aromatic heterocycles. The van der Waals surface area contributed by atoms with Crippen LogP contribution in [0.5, 0.6) is 0 Å². The van der Waals surface area contributed by atoms with Crippen LogP contribution in [-0.4, -0.2) is 8.42 Å². The van der Waals surface area contributed by atoms with E-state index in [0.717, 1.165) is 11.0 Å². The van der Waals surface area contributed by atoms with Crippen LogP contribution in [0.2, 0.25) is 0 Å². The number of rotatable bonds is 2. The molecule has 0 aliphatic heterocycles. The molecular weight excluding hydrogens is 208 g/mol. The molecule has 0 bridgehead atoms. The summed E-state index contributed by atoms with van der Waals surface area (Å²) in [6, 6.07) is 6.93. The lowest BCUT2D eigenvalue weighted by atomic mass is 9.87. The summed E-state index contributed by atoms with van der Waals surface area (Å²) in [5.74, 6) is 0. The summed E-state index contributed by atoms with van der Waals surface area (Å²) in [5.41, 5.74) is 1.15. The van der Waals surface area contributed by atoms with Crippen molar-refractivity contribution in [3.8, 4) is 0 Å². The van der Waals surface area contributed by atoms with Crippen molar-refractivity contribution < 1.29 is 8.42 Å². The number of benzene rings is 1. The van der Waals surface area contributed by atoms with Crippen molar-refractivity contribution in [1.82, 2.24) is 0 Å². The van der Waals surface area contributed by atoms with E-state index < -0.39 is 9.84 Å². The molecule has 0 N–H and O–H groups in total. The first-order chi connectivity index (χ1) is 6.77. The summed E-state index contributed by atoms with van der Waals surface area (Å²) >= 11 is 0. The maximum atomic E-state index is 11.4. The zero-order valence-corrected chi connectivity index (χ0v) is 10.1. The van der Waals surface area contributed by atoms with Gasteiger partial charge in [-0.15, -0.1) is 0 Å². The molecule has 1 aromatic rings. The van der Waals surface area contributed by atoms with Crippen LogP contribution < -0.4 is 0 Å². The number of hydrogen-bond acceptors (Lipinski definition) is 2. The van der Waals surface area contributed by atoms with Gasteiger partial charge in [-0.25, -0.2) is 8.42 Å². The Morgan fingerprint density at radius 3 is 1.93 bits per heavy atom. The molecule has 15 heavy (non-hydrogen) atoms. The standard InChI is InChI=1S/C12H16O2S/c1-5-15(13,14)11-8-6-10(7-9-11)12(2,3)4/h5-9H,1H2,2-4H3. The third kappa shape index (κ3) is 2.69. The second-order valence-electron chi connectivity index (χ2n) is 4.49. The SMILES string of the molecule is C=CS(=O)(=O)c1ccc(C(C)(C)C)cc1. The van der Waals surface area contributed by atoms with Crippen LogP contribution in [-0.2, 0) is 15.3 Å². The van der Waals surface area contributed by atoms with E-state index in [4.69, 9.17) is 0 Å². The lowest BCUT2D eigenvalue weighted by Gasteiger charge is -2.18. The number of hydrogen-bond donors (Lipinski definition) is 0. The van der Waals surface area contributed by atoms with Gasteiger partial charge in [0.2, 0.25) is 0 Å². The molecule has 0 atom stereocenters. The molecule has 0 saturated carbocycles. The highest BCUT2D eigenvalue weighted by atomic mass is 32.2. The topological polar surface area (TPSA) is 34.1 Å². The van der Waals surface area contributed by atoms with Crippen molar-refractivity contribution in [1.29, 1.82) is 0 Å². The van der Waals surface area contributed by atoms with Crippen molar-refractivity contribution in [2.45, 2.75) is 31.1 Å². The Morgan fingerprint density at radius 2 is 1.60 bits per heavy atom. The predicted molar refractivity (Wildman–Crippen MR) is 62.5 cm³/mol. The molecule has 0 fully saturated rings. The Balaban J connectivity index is 3.17. The van der Waals surface area contributed by atoms with Crippen LogP contribution in [0.1, 0.15) is 26.3 Å². The third-order valence-electron chi connectivity index (χ3n) is 2.27. The first-order valence-corrected chi connectivity index (χ1v) is 6.30. The molecule has 0 spiro atoms. The Labute approximate surface area is 91.6 Å². The molecule has 0 unspecified atom stereocenters. The Bertz CT molecular complexity index is 447. The van der Waals surface area contributed by atoms with Crippen LogP contribution in [0.15, 0.2) is 41.1 Å². The summed E-state index contributed by atoms with van der Waals surface area (Å²) in [5, 5.41) is 0.971. The first-order valence-electron chi connectivity index (χ1n) is 4.75. The Hall–Kier alpha value is -1.09. The minimum absolute atomic E-state index is 0.0382. The van der Waals surface area contributed by atoms with E-state index in [1.807, 2.05) is 12.1 Å². The van der Waals surface area contributed by atoms with Gasteiger partial charge in [-0.2, -0.15) is 0 Å². The van der Waals surface area contributed by atoms with Crippen molar-refractivity contribution in [2.24, 2.45) is 0 Å². The van der Waals surface area contributed by atoms with E-state index in [0.29, 0.717) is 4.90 Å². The molecule has 0 heterocycles. The number of sulfone groups is 1. The van der Waals surface area contributed by atoms with E-state index in [2.05, 4.69) is 27.4 Å². The van der Waals surface area contributed by atoms with E-state index in [1.54, 1.807) is 12.1 Å². The maximum absolute atomic E-state index is 11.4. The second kappa shape index (κ2) is 3.81. The fourth-order valence-electron chi connectivity index (χ4n) is 1.24. The molecule has 0 amide bonds. The molecule has 0 aliphatic carbocycles. The van der Waals surface area contributed by atoms with Crippen LogP contribution in [0.3, 0.4) is 0 Å². The van der Waals surface area contributed by atoms with Crippen LogP contribution >= 0.6 is 0 Å². The van der Waals surface area contributed by atoms with Gasteiger partial charge in [-0.3, -0.25) is 0 Å². The zero-order chi connectivity index (χ0) is 11.7. The van der Waals surface area contributed by atoms with Gasteiger partial charge >= 0.3 is 0 Å². The minimum Gasteiger partial charge on any atom is -0.219 e. The van der Waals surface area contributed by atoms with Crippen molar-refractivity contribution >= 4 is 9.84 Å². The smallest absolute Gasteiger partial charge is 0.199 e. The highest BCUT2D eigenvalue weighted by Crippen LogP contribution is 2.23. The summed E-state index contributed by atoms with van der Waals surface area (Å²) in [4.78, 5) is 0.297. The average molecular weight is 224 g/mol. The molecular formula is C12H16O2S. The van der Waals surface area contributed by atoms with E-state index in [9.17, 15) is 8.42 Å². The largest absolute Gasteiger partial charge is 0.219 e. The van der Waals surface area contributed by atoms with Gasteiger partial charge in [0.25, 0.3) is 0 Å². The van der Waals surface area contributed by atoms with Gasteiger partial charge in [0.1, 0.15) is 0 Å². The second-order valence-corrected chi connectivity index (χ2v) is 6.38. The monoisotopic (exact) mass is 224 g/mol. The maximum Gasteiger partial charge on any atom is 0.199 e. The van der Waals surface area contributed by atoms with Crippen LogP contribution in [0.4, 0.5) is 0 Å². The Kier molecular flexibility index (Phi) is 3.05. The van der Waals surface area contributed by atoms with Crippen molar-refractivity contribution in [3.63, 3.8) is 0 Å². The molecule has 1 rings (SSSR count). The van der Waals surface area contributed by atoms with Gasteiger partial charge in [0, 0.05) is 5.41 Å². The van der Waals surface area contributed by atoms with Crippen molar-refractivity contribution in [2.75, 3.05) is 0 Å². The minimum atomic E-state index is -3.30. The lowest BCUT2D eigenvalue weighted by Crippen LogP contribution is -2.11. The highest BCUT2D eigenvalue weighted by Gasteiger charge is 2.15. The van der Waals surface area contributed by atoms with Gasteiger partial charge in [-0.1, -0.05) is 39.5 Å². The quantitative estimate of drug-likeness (QED) is 0.774. The van der Waals surface area contributed by atoms with E-state index >= 15 is 0 Å². The first kappa shape index (κ1) is 12.0. The molecule has 0 radical (unpaired) electrons. The summed E-state index contributed by atoms with van der Waals surface area (Å²) in [7, 11) is -3.30. The molecule has 1 aromatic carbocycles. The Morgan fingerprint density at radius 1 is 1.13 bits per heavy atom. The molecule has 0 saturated heterocycles. The van der Waals surface area contributed by atoms with Crippen LogP contribution in [0, 0.1) is 0 Å². The van der Waals surface area contributed by atoms with Gasteiger partial charge in [-0.05, 0) is 23.1 Å². The molecule has 0 aliphatic rings. The molecule has 82 valence electrons. The third-order valence-corrected chi connectivity index (χ3v) is 3.64. The van der Waals surface area contributed by atoms with Gasteiger partial charge in [0.15, 0.2) is 9.84 Å². The summed E-state index contributed by atoms with van der Waals surface area (Å²) in [6.07, 6.45) is 0. The lowest BCUT2D eigenvalue weighted by molar-refractivity contribution is 0.588. The predicted octanol–water partition coefficient (Wildman–Crippen LogP) is 2.90. The van der Waals surface area contributed by atoms with Gasteiger partial charge in [0.05, 0.1) is 4.90 Å². The van der Waals surface area contributed by atoms with E-state index in [-0.39, 0.29) is 5.41 Å². The van der Waals surface area contributed by atoms with Crippen molar-refractivity contribution in [3.05, 3.63) is 41.8 Å². The zero-order valence-electron chi connectivity index (χ0n) is 9.32. The average Bonchev–Trinajstić information content (AvgIpc) is 2.17. The fourth-order valence-corrected chi connectivity index (χ4v) is 1.95. The van der Waals surface area contributed by atoms with E-state index in [1.165, 1.54) is 0 Å². The molecule has 2 nitrogen and oxygen atoms in total. The normalized spacial score (nSPS) is 12.5. The van der Waals surface area contributed by atoms with Crippen LogP contribution in [0.25, 0.3) is 0 Å². The fraction of sp³-hybridized carbons (Fsp3) is 0.333. The molecule has 3 heteroatoms. The van der Waals surface area contributed by atoms with Gasteiger partial charge < -0.3 is 0 Å².